The molecule has 0 unspecified atom stereocenters. The Morgan fingerprint density at radius 1 is 1.26 bits per heavy atom. The third-order valence-corrected chi connectivity index (χ3v) is 4.89. The molecule has 3 heterocycles. The maximum absolute atomic E-state index is 11.6. The van der Waals surface area contributed by atoms with Crippen LogP contribution in [0.2, 0.25) is 0 Å². The van der Waals surface area contributed by atoms with Crippen LogP contribution in [0.3, 0.4) is 0 Å². The first-order valence-electron chi connectivity index (χ1n) is 9.96. The lowest BCUT2D eigenvalue weighted by Crippen LogP contribution is -2.25. The molecule has 4 rings (SSSR count). The van der Waals surface area contributed by atoms with Crippen LogP contribution in [-0.2, 0) is 16.1 Å². The maximum Gasteiger partial charge on any atom is 0.292 e. The van der Waals surface area contributed by atoms with Gasteiger partial charge >= 0.3 is 0 Å². The highest BCUT2D eigenvalue weighted by atomic mass is 16.5. The van der Waals surface area contributed by atoms with Crippen LogP contribution in [0.25, 0.3) is 33.4 Å². The van der Waals surface area contributed by atoms with Crippen LogP contribution in [0.5, 0.6) is 0 Å². The molecule has 0 radical (unpaired) electrons. The van der Waals surface area contributed by atoms with Gasteiger partial charge < -0.3 is 25.9 Å². The van der Waals surface area contributed by atoms with Crippen LogP contribution < -0.4 is 16.8 Å². The number of ether oxygens (including phenoxy) is 1. The fourth-order valence-corrected chi connectivity index (χ4v) is 3.38. The predicted molar refractivity (Wildman–Crippen MR) is 116 cm³/mol. The van der Waals surface area contributed by atoms with E-state index in [9.17, 15) is 4.79 Å². The van der Waals surface area contributed by atoms with Crippen molar-refractivity contribution in [1.82, 2.24) is 30.0 Å². The Kier molecular flexibility index (Phi) is 5.94. The van der Waals surface area contributed by atoms with Crippen LogP contribution >= 0.6 is 0 Å². The summed E-state index contributed by atoms with van der Waals surface area (Å²) in [4.78, 5) is 24.3. The minimum absolute atomic E-state index is 0.0157. The SMILES string of the molecule is COCCC(=O)NCCCCn1nc(-c2ccc3oc(N)nc3c2)c2c(N)ncnc21. The van der Waals surface area contributed by atoms with E-state index in [1.54, 1.807) is 13.2 Å². The maximum atomic E-state index is 11.6. The summed E-state index contributed by atoms with van der Waals surface area (Å²) >= 11 is 0. The van der Waals surface area contributed by atoms with Gasteiger partial charge in [-0.1, -0.05) is 0 Å². The molecule has 5 N–H and O–H groups in total. The Hall–Kier alpha value is -3.73. The molecule has 11 nitrogen and oxygen atoms in total. The number of nitrogens with two attached hydrogens (primary N) is 2. The van der Waals surface area contributed by atoms with Crippen molar-refractivity contribution in [2.45, 2.75) is 25.8 Å². The van der Waals surface area contributed by atoms with E-state index in [0.717, 1.165) is 18.4 Å². The molecule has 0 aliphatic carbocycles. The van der Waals surface area contributed by atoms with Crippen molar-refractivity contribution >= 4 is 39.9 Å². The molecule has 0 aliphatic rings. The first-order valence-corrected chi connectivity index (χ1v) is 9.96. The number of nitrogens with one attached hydrogen (secondary N) is 1. The number of hydrogen-bond donors (Lipinski definition) is 3. The third kappa shape index (κ3) is 4.40. The first kappa shape index (κ1) is 20.5. The van der Waals surface area contributed by atoms with E-state index in [1.165, 1.54) is 6.33 Å². The molecule has 0 spiro atoms. The highest BCUT2D eigenvalue weighted by Crippen LogP contribution is 2.32. The van der Waals surface area contributed by atoms with Gasteiger partial charge in [-0.3, -0.25) is 4.79 Å². The summed E-state index contributed by atoms with van der Waals surface area (Å²) in [7, 11) is 1.57. The summed E-state index contributed by atoms with van der Waals surface area (Å²) in [5, 5.41) is 8.31. The van der Waals surface area contributed by atoms with E-state index < -0.39 is 0 Å². The zero-order chi connectivity index (χ0) is 21.8. The first-order chi connectivity index (χ1) is 15.1. The van der Waals surface area contributed by atoms with E-state index in [-0.39, 0.29) is 11.9 Å². The summed E-state index contributed by atoms with van der Waals surface area (Å²) in [5.74, 6) is 0.342. The minimum atomic E-state index is -0.0157. The summed E-state index contributed by atoms with van der Waals surface area (Å²) in [6, 6.07) is 5.63. The molecule has 0 aliphatic heterocycles. The largest absolute Gasteiger partial charge is 0.424 e. The van der Waals surface area contributed by atoms with Crippen molar-refractivity contribution in [3.8, 4) is 11.3 Å². The van der Waals surface area contributed by atoms with Gasteiger partial charge in [-0.05, 0) is 31.0 Å². The number of nitrogens with zero attached hydrogens (tertiary/aromatic N) is 5. The average molecular weight is 424 g/mol. The Bertz CT molecular complexity index is 1220. The van der Waals surface area contributed by atoms with E-state index >= 15 is 0 Å². The smallest absolute Gasteiger partial charge is 0.292 e. The molecule has 1 amide bonds. The van der Waals surface area contributed by atoms with Gasteiger partial charge in [-0.15, -0.1) is 0 Å². The lowest BCUT2D eigenvalue weighted by molar-refractivity contribution is -0.121. The standard InChI is InChI=1S/C20H24N8O3/c1-30-9-6-15(29)23-7-2-3-8-28-19-16(18(21)24-11-25-19)17(27-28)12-4-5-14-13(10-12)26-20(22)31-14/h4-5,10-11H,2-3,6-9H2,1H3,(H2,22,26)(H,23,29)(H2,21,24,25). The predicted octanol–water partition coefficient (Wildman–Crippen LogP) is 1.73. The zero-order valence-electron chi connectivity index (χ0n) is 17.2. The number of oxazole rings is 1. The molecule has 31 heavy (non-hydrogen) atoms. The van der Waals surface area contributed by atoms with Gasteiger partial charge in [0.15, 0.2) is 11.2 Å². The molecule has 0 saturated carbocycles. The number of benzene rings is 1. The lowest BCUT2D eigenvalue weighted by atomic mass is 10.1. The van der Waals surface area contributed by atoms with Crippen LogP contribution in [-0.4, -0.2) is 50.9 Å². The van der Waals surface area contributed by atoms with Gasteiger partial charge in [0.2, 0.25) is 5.91 Å². The van der Waals surface area contributed by atoms with Gasteiger partial charge in [0.25, 0.3) is 6.01 Å². The molecule has 11 heteroatoms. The molecule has 3 aromatic heterocycles. The molecule has 1 aromatic carbocycles. The highest BCUT2D eigenvalue weighted by molar-refractivity contribution is 5.99. The van der Waals surface area contributed by atoms with E-state index in [2.05, 4.69) is 20.3 Å². The number of aryl methyl sites for hydroxylation is 1. The van der Waals surface area contributed by atoms with Gasteiger partial charge in [-0.2, -0.15) is 10.1 Å². The third-order valence-electron chi connectivity index (χ3n) is 4.89. The molecule has 0 saturated heterocycles. The van der Waals surface area contributed by atoms with Gasteiger partial charge in [0, 0.05) is 32.2 Å². The summed E-state index contributed by atoms with van der Waals surface area (Å²) in [5.41, 5.74) is 15.2. The van der Waals surface area contributed by atoms with E-state index in [1.807, 2.05) is 16.8 Å². The molecular weight excluding hydrogens is 400 g/mol. The number of hydrogen-bond acceptors (Lipinski definition) is 9. The number of rotatable bonds is 9. The fourth-order valence-electron chi connectivity index (χ4n) is 3.38. The van der Waals surface area contributed by atoms with Crippen LogP contribution in [0.4, 0.5) is 11.8 Å². The van der Waals surface area contributed by atoms with Crippen molar-refractivity contribution in [2.24, 2.45) is 0 Å². The number of fused-ring (bicyclic) bond motifs is 2. The Morgan fingerprint density at radius 2 is 2.13 bits per heavy atom. The Balaban J connectivity index is 1.52. The van der Waals surface area contributed by atoms with Crippen molar-refractivity contribution < 1.29 is 13.9 Å². The normalized spacial score (nSPS) is 11.4. The minimum Gasteiger partial charge on any atom is -0.424 e. The molecule has 0 bridgehead atoms. The van der Waals surface area contributed by atoms with Crippen molar-refractivity contribution in [2.75, 3.05) is 31.7 Å². The van der Waals surface area contributed by atoms with Crippen molar-refractivity contribution in [3.63, 3.8) is 0 Å². The van der Waals surface area contributed by atoms with Gasteiger partial charge in [0.1, 0.15) is 23.4 Å². The second-order valence-electron chi connectivity index (χ2n) is 7.06. The molecular formula is C20H24N8O3. The molecule has 4 aromatic rings. The quantitative estimate of drug-likeness (QED) is 0.340. The van der Waals surface area contributed by atoms with Gasteiger partial charge in [-0.25, -0.2) is 14.6 Å². The topological polar surface area (TPSA) is 160 Å². The summed E-state index contributed by atoms with van der Waals surface area (Å²) in [6.07, 6.45) is 3.40. The number of nitrogen functional groups attached to an aromatic ring is 2. The van der Waals surface area contributed by atoms with Crippen molar-refractivity contribution in [1.29, 1.82) is 0 Å². The highest BCUT2D eigenvalue weighted by Gasteiger charge is 2.18. The second kappa shape index (κ2) is 8.96. The fraction of sp³-hybridized carbons (Fsp3) is 0.350. The number of unbranched alkanes of at least 4 members (excludes halogenated alkanes) is 1. The average Bonchev–Trinajstić information content (AvgIpc) is 3.32. The number of amides is 1. The Morgan fingerprint density at radius 3 is 2.97 bits per heavy atom. The zero-order valence-corrected chi connectivity index (χ0v) is 17.2. The number of methoxy groups -OCH3 is 1. The molecule has 0 fully saturated rings. The number of anilines is 2. The number of carbonyl (C=O) groups is 1. The number of carbonyl (C=O) groups excluding carboxylic acids is 1. The van der Waals surface area contributed by atoms with Crippen LogP contribution in [0, 0.1) is 0 Å². The number of aromatic nitrogens is 5. The lowest BCUT2D eigenvalue weighted by Gasteiger charge is -2.05. The summed E-state index contributed by atoms with van der Waals surface area (Å²) < 4.78 is 12.1. The summed E-state index contributed by atoms with van der Waals surface area (Å²) in [6.45, 7) is 1.64. The van der Waals surface area contributed by atoms with Crippen LogP contribution in [0.15, 0.2) is 28.9 Å². The molecule has 162 valence electrons. The van der Waals surface area contributed by atoms with Crippen LogP contribution in [0.1, 0.15) is 19.3 Å². The van der Waals surface area contributed by atoms with E-state index in [4.69, 9.17) is 25.7 Å². The Labute approximate surface area is 177 Å². The van der Waals surface area contributed by atoms with Gasteiger partial charge in [0.05, 0.1) is 12.0 Å². The molecule has 0 atom stereocenters. The van der Waals surface area contributed by atoms with E-state index in [0.29, 0.717) is 59.8 Å². The monoisotopic (exact) mass is 424 g/mol. The van der Waals surface area contributed by atoms with Crippen molar-refractivity contribution in [3.05, 3.63) is 24.5 Å². The second-order valence-corrected chi connectivity index (χ2v) is 7.06.